The Kier molecular flexibility index (Phi) is 7.48. The first-order valence-corrected chi connectivity index (χ1v) is 9.17. The molecule has 7 nitrogen and oxygen atoms in total. The fourth-order valence-electron chi connectivity index (χ4n) is 3.34. The van der Waals surface area contributed by atoms with Crippen LogP contribution in [-0.2, 0) is 28.6 Å². The molecule has 28 heavy (non-hydrogen) atoms. The van der Waals surface area contributed by atoms with Crippen molar-refractivity contribution in [1.82, 2.24) is 0 Å². The standard InChI is InChI=1S/C21H26O7/c1-5-26-18-15(11-23)8-6-7-14(10-22)9-16-17(13(4)21(25)27-16)19(18)28-20(24)12(2)3/h8-9,11,16-19,22H,2,4-7,10H2,1,3H3/t16-,17+,18?,19+/m1/s1. The van der Waals surface area contributed by atoms with Gasteiger partial charge in [0, 0.05) is 23.3 Å². The number of carbonyl (C=O) groups is 3. The fraction of sp³-hybridized carbons (Fsp3) is 0.476. The molecule has 2 aliphatic rings. The van der Waals surface area contributed by atoms with Crippen LogP contribution in [0.3, 0.4) is 0 Å². The van der Waals surface area contributed by atoms with E-state index in [1.54, 1.807) is 19.1 Å². The lowest BCUT2D eigenvalue weighted by atomic mass is 9.83. The summed E-state index contributed by atoms with van der Waals surface area (Å²) in [6, 6.07) is 0. The van der Waals surface area contributed by atoms with Gasteiger partial charge in [0.15, 0.2) is 0 Å². The topological polar surface area (TPSA) is 99.1 Å². The van der Waals surface area contributed by atoms with E-state index >= 15 is 0 Å². The van der Waals surface area contributed by atoms with E-state index in [9.17, 15) is 19.5 Å². The maximum atomic E-state index is 12.3. The van der Waals surface area contributed by atoms with Gasteiger partial charge in [0.2, 0.25) is 0 Å². The van der Waals surface area contributed by atoms with Gasteiger partial charge in [0.05, 0.1) is 12.5 Å². The minimum Gasteiger partial charge on any atom is -0.455 e. The number of rotatable bonds is 6. The summed E-state index contributed by atoms with van der Waals surface area (Å²) in [4.78, 5) is 36.3. The molecule has 1 aliphatic carbocycles. The molecule has 1 fully saturated rings. The second kappa shape index (κ2) is 9.61. The van der Waals surface area contributed by atoms with E-state index in [1.807, 2.05) is 0 Å². The van der Waals surface area contributed by atoms with Gasteiger partial charge in [-0.1, -0.05) is 19.2 Å². The molecule has 1 unspecified atom stereocenters. The molecule has 1 heterocycles. The van der Waals surface area contributed by atoms with E-state index in [1.165, 1.54) is 6.92 Å². The maximum Gasteiger partial charge on any atom is 0.334 e. The van der Waals surface area contributed by atoms with E-state index in [0.29, 0.717) is 30.3 Å². The number of aliphatic hydroxyl groups is 1. The number of hydrogen-bond donors (Lipinski definition) is 1. The lowest BCUT2D eigenvalue weighted by Gasteiger charge is -2.33. The van der Waals surface area contributed by atoms with Gasteiger partial charge in [-0.05, 0) is 38.3 Å². The van der Waals surface area contributed by atoms with Crippen LogP contribution in [0.5, 0.6) is 0 Å². The molecule has 1 saturated heterocycles. The van der Waals surface area contributed by atoms with Crippen molar-refractivity contribution in [3.63, 3.8) is 0 Å². The zero-order chi connectivity index (χ0) is 20.8. The number of carbonyl (C=O) groups excluding carboxylic acids is 3. The molecule has 2 rings (SSSR count). The van der Waals surface area contributed by atoms with Crippen LogP contribution in [0.2, 0.25) is 0 Å². The molecule has 4 atom stereocenters. The minimum atomic E-state index is -1.03. The normalized spacial score (nSPS) is 27.8. The van der Waals surface area contributed by atoms with Crippen LogP contribution in [0.15, 0.2) is 47.6 Å². The molecule has 152 valence electrons. The van der Waals surface area contributed by atoms with Gasteiger partial charge in [-0.3, -0.25) is 4.79 Å². The third-order valence-electron chi connectivity index (χ3n) is 4.76. The zero-order valence-corrected chi connectivity index (χ0v) is 16.2. The van der Waals surface area contributed by atoms with Crippen LogP contribution in [-0.4, -0.2) is 54.9 Å². The van der Waals surface area contributed by atoms with Gasteiger partial charge in [0.1, 0.15) is 24.6 Å². The smallest absolute Gasteiger partial charge is 0.334 e. The third kappa shape index (κ3) is 4.66. The van der Waals surface area contributed by atoms with Crippen molar-refractivity contribution >= 4 is 18.2 Å². The summed E-state index contributed by atoms with van der Waals surface area (Å²) < 4.78 is 16.8. The summed E-state index contributed by atoms with van der Waals surface area (Å²) >= 11 is 0. The van der Waals surface area contributed by atoms with Crippen molar-refractivity contribution in [2.75, 3.05) is 13.2 Å². The predicted molar refractivity (Wildman–Crippen MR) is 101 cm³/mol. The van der Waals surface area contributed by atoms with E-state index in [0.717, 1.165) is 0 Å². The maximum absolute atomic E-state index is 12.3. The van der Waals surface area contributed by atoms with Crippen LogP contribution in [0.1, 0.15) is 26.7 Å². The van der Waals surface area contributed by atoms with Crippen molar-refractivity contribution in [3.05, 3.63) is 47.6 Å². The van der Waals surface area contributed by atoms with Gasteiger partial charge >= 0.3 is 11.9 Å². The highest BCUT2D eigenvalue weighted by Crippen LogP contribution is 2.37. The molecule has 1 aliphatic heterocycles. The Morgan fingerprint density at radius 3 is 2.75 bits per heavy atom. The molecule has 7 heteroatoms. The monoisotopic (exact) mass is 390 g/mol. The van der Waals surface area contributed by atoms with E-state index in [2.05, 4.69) is 13.2 Å². The lowest BCUT2D eigenvalue weighted by Crippen LogP contribution is -2.44. The van der Waals surface area contributed by atoms with Crippen molar-refractivity contribution in [2.45, 2.75) is 45.0 Å². The minimum absolute atomic E-state index is 0.119. The highest BCUT2D eigenvalue weighted by Gasteiger charge is 2.48. The van der Waals surface area contributed by atoms with Crippen molar-refractivity contribution in [3.8, 4) is 0 Å². The first-order valence-electron chi connectivity index (χ1n) is 9.17. The number of allylic oxidation sites excluding steroid dienone is 1. The number of aldehydes is 1. The summed E-state index contributed by atoms with van der Waals surface area (Å²) in [5.41, 5.74) is 1.24. The second-order valence-electron chi connectivity index (χ2n) is 6.79. The average molecular weight is 390 g/mol. The zero-order valence-electron chi connectivity index (χ0n) is 16.2. The van der Waals surface area contributed by atoms with Crippen LogP contribution in [0.25, 0.3) is 0 Å². The summed E-state index contributed by atoms with van der Waals surface area (Å²) in [7, 11) is 0. The summed E-state index contributed by atoms with van der Waals surface area (Å²) in [5, 5.41) is 9.62. The molecule has 0 amide bonds. The number of esters is 2. The Balaban J connectivity index is 2.61. The first kappa shape index (κ1) is 21.8. The van der Waals surface area contributed by atoms with Gasteiger partial charge in [-0.25, -0.2) is 9.59 Å². The van der Waals surface area contributed by atoms with Gasteiger partial charge in [0.25, 0.3) is 0 Å². The van der Waals surface area contributed by atoms with Crippen LogP contribution < -0.4 is 0 Å². The summed E-state index contributed by atoms with van der Waals surface area (Å²) in [5.74, 6) is -2.06. The molecule has 0 aromatic rings. The molecule has 0 spiro atoms. The second-order valence-corrected chi connectivity index (χ2v) is 6.79. The molecule has 0 aromatic carbocycles. The van der Waals surface area contributed by atoms with Crippen molar-refractivity contribution in [1.29, 1.82) is 0 Å². The SMILES string of the molecule is C=C(C)C(=O)O[C@@H]1C(OCC)C(C=O)=CCCC(CO)=C[C@H]2OC(=O)C(=C)[C@H]12. The lowest BCUT2D eigenvalue weighted by molar-refractivity contribution is -0.156. The van der Waals surface area contributed by atoms with E-state index in [-0.39, 0.29) is 24.4 Å². The average Bonchev–Trinajstić information content (AvgIpc) is 2.94. The molecular formula is C21H26O7. The van der Waals surface area contributed by atoms with Crippen molar-refractivity contribution < 1.29 is 33.7 Å². The molecule has 0 radical (unpaired) electrons. The number of aliphatic hydroxyl groups excluding tert-OH is 1. The summed E-state index contributed by atoms with van der Waals surface area (Å²) in [6.45, 7) is 10.7. The van der Waals surface area contributed by atoms with Gasteiger partial charge < -0.3 is 19.3 Å². The van der Waals surface area contributed by atoms with E-state index < -0.39 is 36.2 Å². The van der Waals surface area contributed by atoms with Crippen LogP contribution >= 0.6 is 0 Å². The van der Waals surface area contributed by atoms with E-state index in [4.69, 9.17) is 14.2 Å². The number of ether oxygens (including phenoxy) is 3. The highest BCUT2D eigenvalue weighted by atomic mass is 16.6. The van der Waals surface area contributed by atoms with Crippen LogP contribution in [0.4, 0.5) is 0 Å². The van der Waals surface area contributed by atoms with Gasteiger partial charge in [-0.2, -0.15) is 0 Å². The Labute approximate surface area is 164 Å². The molecular weight excluding hydrogens is 364 g/mol. The number of hydrogen-bond acceptors (Lipinski definition) is 7. The predicted octanol–water partition coefficient (Wildman–Crippen LogP) is 1.81. The Bertz CT molecular complexity index is 731. The Morgan fingerprint density at radius 2 is 2.18 bits per heavy atom. The fourth-order valence-corrected chi connectivity index (χ4v) is 3.34. The Morgan fingerprint density at radius 1 is 1.46 bits per heavy atom. The largest absolute Gasteiger partial charge is 0.455 e. The van der Waals surface area contributed by atoms with Crippen molar-refractivity contribution in [2.24, 2.45) is 5.92 Å². The first-order chi connectivity index (χ1) is 13.3. The number of fused-ring (bicyclic) bond motifs is 1. The molecule has 0 aromatic heterocycles. The van der Waals surface area contributed by atoms with Gasteiger partial charge in [-0.15, -0.1) is 0 Å². The highest BCUT2D eigenvalue weighted by molar-refractivity contribution is 5.92. The third-order valence-corrected chi connectivity index (χ3v) is 4.76. The molecule has 0 bridgehead atoms. The summed E-state index contributed by atoms with van der Waals surface area (Å²) in [6.07, 6.45) is 2.24. The van der Waals surface area contributed by atoms with Crippen LogP contribution in [0, 0.1) is 5.92 Å². The molecule has 0 saturated carbocycles. The molecule has 1 N–H and O–H groups in total. The quantitative estimate of drug-likeness (QED) is 0.320. The Hall–Kier alpha value is -2.51.